The van der Waals surface area contributed by atoms with E-state index in [9.17, 15) is 9.59 Å². The number of benzene rings is 1. The predicted octanol–water partition coefficient (Wildman–Crippen LogP) is 2.74. The second kappa shape index (κ2) is 9.93. The molecular formula is C20H32ClN3O2. The Labute approximate surface area is 163 Å². The monoisotopic (exact) mass is 381 g/mol. The van der Waals surface area contributed by atoms with Gasteiger partial charge in [-0.2, -0.15) is 0 Å². The van der Waals surface area contributed by atoms with Crippen molar-refractivity contribution in [1.82, 2.24) is 9.80 Å². The van der Waals surface area contributed by atoms with E-state index in [1.165, 1.54) is 5.56 Å². The van der Waals surface area contributed by atoms with Crippen LogP contribution in [0.2, 0.25) is 0 Å². The van der Waals surface area contributed by atoms with Crippen LogP contribution in [0.3, 0.4) is 0 Å². The van der Waals surface area contributed by atoms with Gasteiger partial charge in [-0.15, -0.1) is 12.4 Å². The van der Waals surface area contributed by atoms with Crippen molar-refractivity contribution in [2.75, 3.05) is 13.6 Å². The van der Waals surface area contributed by atoms with E-state index in [2.05, 4.69) is 13.8 Å². The average Bonchev–Trinajstić information content (AvgIpc) is 2.94. The molecule has 146 valence electrons. The predicted molar refractivity (Wildman–Crippen MR) is 107 cm³/mol. The summed E-state index contributed by atoms with van der Waals surface area (Å²) < 4.78 is 0. The summed E-state index contributed by atoms with van der Waals surface area (Å²) in [5.74, 6) is 0.481. The molecule has 0 radical (unpaired) electrons. The quantitative estimate of drug-likeness (QED) is 0.789. The highest BCUT2D eigenvalue weighted by atomic mass is 35.5. The van der Waals surface area contributed by atoms with Crippen LogP contribution in [-0.4, -0.2) is 47.3 Å². The number of halogens is 1. The number of hydrogen-bond acceptors (Lipinski definition) is 3. The fraction of sp³-hybridized carbons (Fsp3) is 0.600. The Kier molecular flexibility index (Phi) is 8.57. The highest BCUT2D eigenvalue weighted by Crippen LogP contribution is 2.23. The van der Waals surface area contributed by atoms with E-state index in [1.807, 2.05) is 38.2 Å². The summed E-state index contributed by atoms with van der Waals surface area (Å²) in [7, 11) is 1.81. The van der Waals surface area contributed by atoms with Gasteiger partial charge in [-0.25, -0.2) is 0 Å². The molecule has 6 heteroatoms. The molecule has 0 spiro atoms. The molecular weight excluding hydrogens is 350 g/mol. The number of nitrogens with zero attached hydrogens (tertiary/aromatic N) is 2. The van der Waals surface area contributed by atoms with E-state index in [1.54, 1.807) is 9.80 Å². The van der Waals surface area contributed by atoms with Crippen LogP contribution in [0.25, 0.3) is 0 Å². The molecule has 2 atom stereocenters. The van der Waals surface area contributed by atoms with E-state index >= 15 is 0 Å². The summed E-state index contributed by atoms with van der Waals surface area (Å²) in [4.78, 5) is 28.6. The smallest absolute Gasteiger partial charge is 0.245 e. The largest absolute Gasteiger partial charge is 0.344 e. The number of likely N-dealkylation sites (N-methyl/N-ethyl adjacent to an activating group) is 1. The van der Waals surface area contributed by atoms with E-state index in [-0.39, 0.29) is 36.3 Å². The van der Waals surface area contributed by atoms with Gasteiger partial charge < -0.3 is 15.5 Å². The first-order valence-electron chi connectivity index (χ1n) is 9.15. The van der Waals surface area contributed by atoms with Gasteiger partial charge in [0.15, 0.2) is 0 Å². The number of hydrogen-bond donors (Lipinski definition) is 1. The zero-order chi connectivity index (χ0) is 18.6. The molecule has 0 saturated carbocycles. The Bertz CT molecular complexity index is 604. The van der Waals surface area contributed by atoms with Crippen molar-refractivity contribution in [2.24, 2.45) is 11.7 Å². The molecule has 1 aromatic rings. The summed E-state index contributed by atoms with van der Waals surface area (Å²) in [6.45, 7) is 7.33. The Morgan fingerprint density at radius 3 is 2.50 bits per heavy atom. The van der Waals surface area contributed by atoms with Gasteiger partial charge in [0.05, 0.1) is 0 Å². The van der Waals surface area contributed by atoms with Gasteiger partial charge in [-0.3, -0.25) is 9.59 Å². The highest BCUT2D eigenvalue weighted by molar-refractivity contribution is 5.90. The molecule has 2 N–H and O–H groups in total. The van der Waals surface area contributed by atoms with Crippen molar-refractivity contribution in [3.63, 3.8) is 0 Å². The second-order valence-electron chi connectivity index (χ2n) is 7.52. The van der Waals surface area contributed by atoms with E-state index in [4.69, 9.17) is 5.73 Å². The third-order valence-corrected chi connectivity index (χ3v) is 5.12. The Hall–Kier alpha value is -1.59. The Balaban J connectivity index is 0.00000338. The van der Waals surface area contributed by atoms with E-state index < -0.39 is 0 Å². The molecule has 1 aromatic carbocycles. The topological polar surface area (TPSA) is 66.6 Å². The molecule has 0 aliphatic carbocycles. The first kappa shape index (κ1) is 22.5. The van der Waals surface area contributed by atoms with Gasteiger partial charge in [0.2, 0.25) is 11.8 Å². The van der Waals surface area contributed by atoms with Crippen LogP contribution in [0.15, 0.2) is 24.3 Å². The van der Waals surface area contributed by atoms with Gasteiger partial charge in [-0.1, -0.05) is 43.7 Å². The maximum Gasteiger partial charge on any atom is 0.245 e. The minimum atomic E-state index is -0.353. The number of carbonyl (C=O) groups excluding carboxylic acids is 2. The van der Waals surface area contributed by atoms with E-state index in [0.29, 0.717) is 31.8 Å². The lowest BCUT2D eigenvalue weighted by Gasteiger charge is -2.29. The molecule has 26 heavy (non-hydrogen) atoms. The van der Waals surface area contributed by atoms with Crippen LogP contribution in [-0.2, 0) is 16.1 Å². The number of nitrogens with two attached hydrogens (primary N) is 1. The molecule has 2 rings (SSSR count). The summed E-state index contributed by atoms with van der Waals surface area (Å²) in [6, 6.07) is 7.85. The average molecular weight is 382 g/mol. The molecule has 1 fully saturated rings. The maximum atomic E-state index is 12.8. The van der Waals surface area contributed by atoms with Gasteiger partial charge in [0.25, 0.3) is 0 Å². The lowest BCUT2D eigenvalue weighted by molar-refractivity contribution is -0.141. The molecule has 1 heterocycles. The van der Waals surface area contributed by atoms with Gasteiger partial charge in [-0.05, 0) is 31.2 Å². The molecule has 1 aliphatic heterocycles. The van der Waals surface area contributed by atoms with Crippen LogP contribution >= 0.6 is 12.4 Å². The lowest BCUT2D eigenvalue weighted by atomic mass is 10.0. The number of rotatable bonds is 7. The number of carbonyl (C=O) groups is 2. The fourth-order valence-electron chi connectivity index (χ4n) is 3.12. The van der Waals surface area contributed by atoms with Gasteiger partial charge in [0.1, 0.15) is 6.04 Å². The van der Waals surface area contributed by atoms with Crippen molar-refractivity contribution >= 4 is 24.2 Å². The summed E-state index contributed by atoms with van der Waals surface area (Å²) in [6.07, 6.45) is 1.82. The molecule has 0 aromatic heterocycles. The normalized spacial score (nSPS) is 18.0. The fourth-order valence-corrected chi connectivity index (χ4v) is 3.12. The standard InChI is InChI=1S/C20H31N3O2.ClH/c1-14(2)17(21)11-12-22(4)20(25)18-9-10-19(24)23(18)13-16-7-5-15(3)6-8-16;/h5-8,14,17-18H,9-13,21H2,1-4H3;1H. The van der Waals surface area contributed by atoms with Crippen LogP contribution in [0, 0.1) is 12.8 Å². The zero-order valence-electron chi connectivity index (χ0n) is 16.3. The van der Waals surface area contributed by atoms with Gasteiger partial charge >= 0.3 is 0 Å². The number of aryl methyl sites for hydroxylation is 1. The molecule has 0 bridgehead atoms. The Morgan fingerprint density at radius 1 is 1.31 bits per heavy atom. The molecule has 1 aliphatic rings. The summed E-state index contributed by atoms with van der Waals surface area (Å²) in [5.41, 5.74) is 8.32. The van der Waals surface area contributed by atoms with Crippen molar-refractivity contribution in [2.45, 2.75) is 58.7 Å². The van der Waals surface area contributed by atoms with Crippen molar-refractivity contribution in [3.05, 3.63) is 35.4 Å². The third kappa shape index (κ3) is 5.71. The van der Waals surface area contributed by atoms with Crippen molar-refractivity contribution in [3.8, 4) is 0 Å². The van der Waals surface area contributed by atoms with Crippen LogP contribution in [0.1, 0.15) is 44.2 Å². The van der Waals surface area contributed by atoms with Crippen molar-refractivity contribution in [1.29, 1.82) is 0 Å². The molecule has 5 nitrogen and oxygen atoms in total. The maximum absolute atomic E-state index is 12.8. The van der Waals surface area contributed by atoms with E-state index in [0.717, 1.165) is 12.0 Å². The first-order chi connectivity index (χ1) is 11.8. The summed E-state index contributed by atoms with van der Waals surface area (Å²) >= 11 is 0. The highest BCUT2D eigenvalue weighted by Gasteiger charge is 2.37. The summed E-state index contributed by atoms with van der Waals surface area (Å²) in [5, 5.41) is 0. The molecule has 2 unspecified atom stereocenters. The number of likely N-dealkylation sites (tertiary alicyclic amines) is 1. The molecule has 1 saturated heterocycles. The van der Waals surface area contributed by atoms with Crippen molar-refractivity contribution < 1.29 is 9.59 Å². The van der Waals surface area contributed by atoms with Gasteiger partial charge in [0, 0.05) is 32.6 Å². The third-order valence-electron chi connectivity index (χ3n) is 5.12. The lowest BCUT2D eigenvalue weighted by Crippen LogP contribution is -2.46. The number of amides is 2. The minimum absolute atomic E-state index is 0. The zero-order valence-corrected chi connectivity index (χ0v) is 17.1. The Morgan fingerprint density at radius 2 is 1.92 bits per heavy atom. The van der Waals surface area contributed by atoms with Crippen LogP contribution in [0.5, 0.6) is 0 Å². The minimum Gasteiger partial charge on any atom is -0.344 e. The van der Waals surface area contributed by atoms with Crippen LogP contribution in [0.4, 0.5) is 0 Å². The second-order valence-corrected chi connectivity index (χ2v) is 7.52. The molecule has 2 amide bonds. The van der Waals surface area contributed by atoms with Crippen LogP contribution < -0.4 is 5.73 Å². The SMILES string of the molecule is Cc1ccc(CN2C(=O)CCC2C(=O)N(C)CCC(N)C(C)C)cc1.Cl. The first-order valence-corrected chi connectivity index (χ1v) is 9.15.